The van der Waals surface area contributed by atoms with Gasteiger partial charge in [-0.25, -0.2) is 0 Å². The number of hydrogen-bond donors (Lipinski definition) is 7. The van der Waals surface area contributed by atoms with E-state index in [1.165, 1.54) is 14.0 Å². The minimum Gasteiger partial charge on any atom is -0.394 e. The summed E-state index contributed by atoms with van der Waals surface area (Å²) in [6.45, 7) is 0.0339. The van der Waals surface area contributed by atoms with E-state index < -0.39 is 80.4 Å². The molecule has 0 aliphatic carbocycles. The molecule has 8 N–H and O–H groups in total. The van der Waals surface area contributed by atoms with Crippen molar-refractivity contribution >= 4 is 5.91 Å². The summed E-state index contributed by atoms with van der Waals surface area (Å²) < 4.78 is 21.6. The predicted octanol–water partition coefficient (Wildman–Crippen LogP) is -4.63. The molecule has 0 unspecified atom stereocenters. The first kappa shape index (κ1) is 22.4. The molecule has 2 heterocycles. The Morgan fingerprint density at radius 1 is 1.04 bits per heavy atom. The van der Waals surface area contributed by atoms with Crippen LogP contribution in [0.4, 0.5) is 0 Å². The van der Waals surface area contributed by atoms with Crippen LogP contribution in [0.15, 0.2) is 0 Å². The number of nitrogens with one attached hydrogen (secondary N) is 1. The predicted molar refractivity (Wildman–Crippen MR) is 87.0 cm³/mol. The monoisotopic (exact) mass is 396 g/mol. The smallest absolute Gasteiger partial charge is 0.217 e. The summed E-state index contributed by atoms with van der Waals surface area (Å²) in [7, 11) is 1.33. The number of nitrogens with two attached hydrogens (primary N) is 1. The van der Waals surface area contributed by atoms with Gasteiger partial charge in [-0.2, -0.15) is 0 Å². The average molecular weight is 396 g/mol. The molecule has 12 nitrogen and oxygen atoms in total. The number of carbonyl (C=O) groups excluding carboxylic acids is 1. The highest BCUT2D eigenvalue weighted by Gasteiger charge is 2.50. The highest BCUT2D eigenvalue weighted by Crippen LogP contribution is 2.28. The molecule has 0 saturated carbocycles. The van der Waals surface area contributed by atoms with Gasteiger partial charge in [-0.15, -0.1) is 0 Å². The summed E-state index contributed by atoms with van der Waals surface area (Å²) in [5, 5.41) is 52.1. The minimum atomic E-state index is -1.51. The van der Waals surface area contributed by atoms with Gasteiger partial charge in [0, 0.05) is 14.0 Å². The zero-order chi connectivity index (χ0) is 20.3. The molecule has 158 valence electrons. The number of amides is 1. The minimum absolute atomic E-state index is 0.527. The first-order valence-corrected chi connectivity index (χ1v) is 8.52. The normalized spacial score (nSPS) is 45.5. The fourth-order valence-electron chi connectivity index (χ4n) is 3.21. The number of methoxy groups -OCH3 is 1. The molecule has 0 aromatic heterocycles. The Morgan fingerprint density at radius 3 is 2.15 bits per heavy atom. The second-order valence-electron chi connectivity index (χ2n) is 6.56. The topological polar surface area (TPSA) is 193 Å². The molecule has 0 spiro atoms. The molecule has 2 aliphatic rings. The fourth-order valence-corrected chi connectivity index (χ4v) is 3.21. The van der Waals surface area contributed by atoms with Crippen LogP contribution in [0.3, 0.4) is 0 Å². The molecule has 2 aliphatic heterocycles. The van der Waals surface area contributed by atoms with Gasteiger partial charge in [0.25, 0.3) is 0 Å². The third kappa shape index (κ3) is 4.74. The van der Waals surface area contributed by atoms with Crippen molar-refractivity contribution in [3.63, 3.8) is 0 Å². The summed E-state index contributed by atoms with van der Waals surface area (Å²) >= 11 is 0. The molecule has 12 heteroatoms. The molecule has 2 saturated heterocycles. The zero-order valence-corrected chi connectivity index (χ0v) is 15.0. The van der Waals surface area contributed by atoms with E-state index in [2.05, 4.69) is 5.32 Å². The highest BCUT2D eigenvalue weighted by molar-refractivity contribution is 5.73. The van der Waals surface area contributed by atoms with Gasteiger partial charge in [0.1, 0.15) is 42.7 Å². The van der Waals surface area contributed by atoms with E-state index in [1.807, 2.05) is 0 Å². The van der Waals surface area contributed by atoms with Crippen molar-refractivity contribution in [2.45, 2.75) is 68.2 Å². The van der Waals surface area contributed by atoms with Crippen molar-refractivity contribution in [2.75, 3.05) is 20.3 Å². The number of carbonyl (C=O) groups is 1. The van der Waals surface area contributed by atoms with Crippen molar-refractivity contribution in [2.24, 2.45) is 5.73 Å². The van der Waals surface area contributed by atoms with Crippen LogP contribution in [0.2, 0.25) is 0 Å². The molecule has 10 atom stereocenters. The van der Waals surface area contributed by atoms with Crippen LogP contribution in [0.5, 0.6) is 0 Å². The Hall–Kier alpha value is -0.930. The van der Waals surface area contributed by atoms with Gasteiger partial charge in [-0.1, -0.05) is 0 Å². The van der Waals surface area contributed by atoms with E-state index in [0.717, 1.165) is 0 Å². The molecule has 0 bridgehead atoms. The van der Waals surface area contributed by atoms with Gasteiger partial charge < -0.3 is 55.5 Å². The lowest BCUT2D eigenvalue weighted by molar-refractivity contribution is -0.328. The van der Waals surface area contributed by atoms with Crippen LogP contribution in [-0.4, -0.2) is 113 Å². The van der Waals surface area contributed by atoms with Crippen LogP contribution < -0.4 is 11.1 Å². The van der Waals surface area contributed by atoms with Gasteiger partial charge in [0.2, 0.25) is 5.91 Å². The van der Waals surface area contributed by atoms with Gasteiger partial charge >= 0.3 is 0 Å². The largest absolute Gasteiger partial charge is 0.394 e. The van der Waals surface area contributed by atoms with E-state index in [-0.39, 0.29) is 0 Å². The lowest BCUT2D eigenvalue weighted by atomic mass is 9.95. The van der Waals surface area contributed by atoms with Gasteiger partial charge in [0.05, 0.1) is 19.3 Å². The van der Waals surface area contributed by atoms with E-state index in [1.54, 1.807) is 0 Å². The lowest BCUT2D eigenvalue weighted by Crippen LogP contribution is -2.68. The van der Waals surface area contributed by atoms with E-state index in [0.29, 0.717) is 0 Å². The van der Waals surface area contributed by atoms with E-state index in [9.17, 15) is 30.3 Å². The Balaban J connectivity index is 2.22. The second kappa shape index (κ2) is 9.52. The highest BCUT2D eigenvalue weighted by atomic mass is 16.7. The number of rotatable bonds is 6. The maximum absolute atomic E-state index is 11.5. The van der Waals surface area contributed by atoms with Crippen molar-refractivity contribution in [3.8, 4) is 0 Å². The van der Waals surface area contributed by atoms with Crippen molar-refractivity contribution < 1.29 is 49.3 Å². The first-order chi connectivity index (χ1) is 12.7. The van der Waals surface area contributed by atoms with E-state index >= 15 is 0 Å². The van der Waals surface area contributed by atoms with Crippen LogP contribution in [0.25, 0.3) is 0 Å². The van der Waals surface area contributed by atoms with Gasteiger partial charge in [0.15, 0.2) is 12.6 Å². The summed E-state index contributed by atoms with van der Waals surface area (Å²) in [6, 6.07) is -2.21. The molecule has 0 aromatic rings. The molecule has 2 fully saturated rings. The summed E-state index contributed by atoms with van der Waals surface area (Å²) in [6.07, 6.45) is -10.1. The third-order valence-electron chi connectivity index (χ3n) is 4.67. The quantitative estimate of drug-likeness (QED) is 0.228. The molecular weight excluding hydrogens is 368 g/mol. The van der Waals surface area contributed by atoms with Gasteiger partial charge in [-0.05, 0) is 0 Å². The lowest BCUT2D eigenvalue weighted by Gasteiger charge is -2.47. The Morgan fingerprint density at radius 2 is 1.63 bits per heavy atom. The van der Waals surface area contributed by atoms with E-state index in [4.69, 9.17) is 24.7 Å². The van der Waals surface area contributed by atoms with Crippen LogP contribution >= 0.6 is 0 Å². The van der Waals surface area contributed by atoms with Crippen LogP contribution in [-0.2, 0) is 23.7 Å². The summed E-state index contributed by atoms with van der Waals surface area (Å²) in [5.74, 6) is -0.527. The molecule has 1 amide bonds. The fraction of sp³-hybridized carbons (Fsp3) is 0.933. The average Bonchev–Trinajstić information content (AvgIpc) is 2.64. The number of ether oxygens (including phenoxy) is 4. The summed E-state index contributed by atoms with van der Waals surface area (Å²) in [5.41, 5.74) is 5.86. The van der Waals surface area contributed by atoms with Crippen molar-refractivity contribution in [1.29, 1.82) is 0 Å². The standard InChI is InChI=1S/C15H28N2O10/c1-5(20)17-9-12(23)10(21)6(3-18)25-15(9)27-13-7(4-19)26-14(24-2)8(16)11(13)22/h6-15,18-19,21-23H,3-4,16H2,1-2H3,(H,17,20)/t6-,7-,8-,9-,10-,11-,12-,13-,14-,15+/m1/s1. The molecule has 0 radical (unpaired) electrons. The number of aliphatic hydroxyl groups is 5. The van der Waals surface area contributed by atoms with Crippen LogP contribution in [0.1, 0.15) is 6.92 Å². The number of aliphatic hydroxyl groups excluding tert-OH is 5. The maximum atomic E-state index is 11.5. The first-order valence-electron chi connectivity index (χ1n) is 8.52. The molecule has 2 rings (SSSR count). The Bertz CT molecular complexity index is 495. The maximum Gasteiger partial charge on any atom is 0.217 e. The third-order valence-corrected chi connectivity index (χ3v) is 4.67. The number of hydrogen-bond acceptors (Lipinski definition) is 11. The van der Waals surface area contributed by atoms with Crippen molar-refractivity contribution in [1.82, 2.24) is 5.32 Å². The molecular formula is C15H28N2O10. The van der Waals surface area contributed by atoms with Crippen molar-refractivity contribution in [3.05, 3.63) is 0 Å². The van der Waals surface area contributed by atoms with Gasteiger partial charge in [-0.3, -0.25) is 4.79 Å². The second-order valence-corrected chi connectivity index (χ2v) is 6.56. The SMILES string of the molecule is CO[C@@H]1O[C@H](CO)[C@@H](O[C@@H]2O[C@H](CO)[C@@H](O)[C@H](O)[C@H]2NC(C)=O)[C@H](O)[C@H]1N. The zero-order valence-electron chi connectivity index (χ0n) is 15.0. The molecule has 0 aromatic carbocycles. The summed E-state index contributed by atoms with van der Waals surface area (Å²) in [4.78, 5) is 11.5. The molecule has 27 heavy (non-hydrogen) atoms. The Kier molecular flexibility index (Phi) is 7.88. The Labute approximate surface area is 155 Å². The van der Waals surface area contributed by atoms with Crippen LogP contribution in [0, 0.1) is 0 Å².